The number of hydrogen-bond donors (Lipinski definition) is 0. The molecule has 0 N–H and O–H groups in total. The lowest BCUT2D eigenvalue weighted by molar-refractivity contribution is 0.0733. The van der Waals surface area contributed by atoms with E-state index in [1.165, 1.54) is 0 Å². The lowest BCUT2D eigenvalue weighted by atomic mass is 10.0. The topological polar surface area (TPSA) is 69.5 Å². The molecule has 3 aromatic rings. The molecule has 1 aliphatic rings. The first-order valence-corrected chi connectivity index (χ1v) is 9.18. The predicted molar refractivity (Wildman–Crippen MR) is 104 cm³/mol. The minimum absolute atomic E-state index is 0.0305. The Kier molecular flexibility index (Phi) is 4.97. The second-order valence-electron chi connectivity index (χ2n) is 6.64. The second-order valence-corrected chi connectivity index (χ2v) is 6.64. The molecule has 1 aromatic carbocycles. The van der Waals surface area contributed by atoms with Gasteiger partial charge in [0.2, 0.25) is 0 Å². The number of methoxy groups -OCH3 is 2. The minimum Gasteiger partial charge on any atom is -0.497 e. The molecule has 7 nitrogen and oxygen atoms in total. The number of ether oxygens (including phenoxy) is 2. The Balaban J connectivity index is 1.61. The zero-order chi connectivity index (χ0) is 19.5. The molecule has 144 valence electrons. The zero-order valence-corrected chi connectivity index (χ0v) is 15.9. The largest absolute Gasteiger partial charge is 0.497 e. The molecule has 0 radical (unpaired) electrons. The van der Waals surface area contributed by atoms with Crippen LogP contribution in [0.2, 0.25) is 0 Å². The van der Waals surface area contributed by atoms with Gasteiger partial charge in [-0.3, -0.25) is 9.36 Å². The fraction of sp³-hybridized carbons (Fsp3) is 0.286. The molecule has 1 unspecified atom stereocenters. The van der Waals surface area contributed by atoms with Gasteiger partial charge >= 0.3 is 0 Å². The molecule has 2 aromatic heterocycles. The van der Waals surface area contributed by atoms with Crippen LogP contribution in [0, 0.1) is 0 Å². The van der Waals surface area contributed by atoms with Gasteiger partial charge in [-0.15, -0.1) is 0 Å². The smallest absolute Gasteiger partial charge is 0.255 e. The summed E-state index contributed by atoms with van der Waals surface area (Å²) in [7, 11) is 3.28. The van der Waals surface area contributed by atoms with E-state index in [4.69, 9.17) is 9.47 Å². The summed E-state index contributed by atoms with van der Waals surface area (Å²) in [5.74, 6) is 2.21. The Morgan fingerprint density at radius 3 is 2.75 bits per heavy atom. The highest BCUT2D eigenvalue weighted by Gasteiger charge is 2.32. The normalized spacial score (nSPS) is 16.2. The van der Waals surface area contributed by atoms with E-state index in [-0.39, 0.29) is 11.9 Å². The average Bonchev–Trinajstić information content (AvgIpc) is 3.45. The number of rotatable bonds is 5. The SMILES string of the molecule is COc1ccc(OC)c(C2CCCN2C(=O)c2ccc(-n3ccnc3)nc2)c1. The summed E-state index contributed by atoms with van der Waals surface area (Å²) in [6, 6.07) is 9.29. The number of carbonyl (C=O) groups is 1. The molecule has 0 saturated carbocycles. The van der Waals surface area contributed by atoms with Gasteiger partial charge in [-0.05, 0) is 43.2 Å². The van der Waals surface area contributed by atoms with Crippen LogP contribution in [0.25, 0.3) is 5.82 Å². The first-order valence-electron chi connectivity index (χ1n) is 9.18. The third-order valence-electron chi connectivity index (χ3n) is 5.07. The van der Waals surface area contributed by atoms with Crippen molar-refractivity contribution >= 4 is 5.91 Å². The first kappa shape index (κ1) is 18.0. The van der Waals surface area contributed by atoms with Crippen LogP contribution in [0.15, 0.2) is 55.2 Å². The number of carbonyl (C=O) groups excluding carboxylic acids is 1. The standard InChI is InChI=1S/C21H22N4O3/c1-27-16-6-7-19(28-2)17(12-16)18-4-3-10-25(18)21(26)15-5-8-20(23-13-15)24-11-9-22-14-24/h5-9,11-14,18H,3-4,10H2,1-2H3. The third-order valence-corrected chi connectivity index (χ3v) is 5.07. The van der Waals surface area contributed by atoms with Gasteiger partial charge < -0.3 is 14.4 Å². The maximum Gasteiger partial charge on any atom is 0.255 e. The van der Waals surface area contributed by atoms with E-state index < -0.39 is 0 Å². The summed E-state index contributed by atoms with van der Waals surface area (Å²) in [5, 5.41) is 0. The summed E-state index contributed by atoms with van der Waals surface area (Å²) >= 11 is 0. The van der Waals surface area contributed by atoms with Crippen LogP contribution in [0.3, 0.4) is 0 Å². The van der Waals surface area contributed by atoms with Crippen molar-refractivity contribution in [3.05, 3.63) is 66.4 Å². The predicted octanol–water partition coefficient (Wildman–Crippen LogP) is 3.26. The molecule has 1 saturated heterocycles. The molecule has 1 fully saturated rings. The summed E-state index contributed by atoms with van der Waals surface area (Å²) < 4.78 is 12.7. The summed E-state index contributed by atoms with van der Waals surface area (Å²) in [5.41, 5.74) is 1.54. The van der Waals surface area contributed by atoms with Crippen LogP contribution < -0.4 is 9.47 Å². The van der Waals surface area contributed by atoms with Crippen molar-refractivity contribution in [2.45, 2.75) is 18.9 Å². The maximum atomic E-state index is 13.2. The van der Waals surface area contributed by atoms with E-state index in [1.807, 2.05) is 41.4 Å². The molecular formula is C21H22N4O3. The molecule has 0 aliphatic carbocycles. The summed E-state index contributed by atoms with van der Waals surface area (Å²) in [6.45, 7) is 0.702. The molecule has 28 heavy (non-hydrogen) atoms. The van der Waals surface area contributed by atoms with Crippen molar-refractivity contribution in [1.29, 1.82) is 0 Å². The van der Waals surface area contributed by atoms with Crippen molar-refractivity contribution in [1.82, 2.24) is 19.4 Å². The van der Waals surface area contributed by atoms with Crippen LogP contribution in [0.1, 0.15) is 34.8 Å². The van der Waals surface area contributed by atoms with Gasteiger partial charge in [0.15, 0.2) is 0 Å². The van der Waals surface area contributed by atoms with Crippen molar-refractivity contribution < 1.29 is 14.3 Å². The van der Waals surface area contributed by atoms with Gasteiger partial charge in [-0.2, -0.15) is 0 Å². The van der Waals surface area contributed by atoms with Gasteiger partial charge in [-0.1, -0.05) is 0 Å². The van der Waals surface area contributed by atoms with E-state index in [1.54, 1.807) is 37.5 Å². The molecule has 1 aliphatic heterocycles. The van der Waals surface area contributed by atoms with Crippen LogP contribution in [0.4, 0.5) is 0 Å². The fourth-order valence-electron chi connectivity index (χ4n) is 3.66. The Morgan fingerprint density at radius 1 is 1.18 bits per heavy atom. The molecule has 0 bridgehead atoms. The molecule has 0 spiro atoms. The van der Waals surface area contributed by atoms with E-state index in [0.717, 1.165) is 35.7 Å². The van der Waals surface area contributed by atoms with Crippen LogP contribution >= 0.6 is 0 Å². The summed E-state index contributed by atoms with van der Waals surface area (Å²) in [6.07, 6.45) is 8.63. The maximum absolute atomic E-state index is 13.2. The third kappa shape index (κ3) is 3.31. The van der Waals surface area contributed by atoms with E-state index in [0.29, 0.717) is 12.1 Å². The number of hydrogen-bond acceptors (Lipinski definition) is 5. The van der Waals surface area contributed by atoms with Crippen molar-refractivity contribution in [3.63, 3.8) is 0 Å². The van der Waals surface area contributed by atoms with Gasteiger partial charge in [0.05, 0.1) is 25.8 Å². The molecule has 4 rings (SSSR count). The molecule has 1 amide bonds. The minimum atomic E-state index is -0.0501. The highest BCUT2D eigenvalue weighted by atomic mass is 16.5. The highest BCUT2D eigenvalue weighted by Crippen LogP contribution is 2.39. The fourth-order valence-corrected chi connectivity index (χ4v) is 3.66. The number of amides is 1. The molecule has 7 heteroatoms. The quantitative estimate of drug-likeness (QED) is 0.682. The Bertz CT molecular complexity index is 954. The highest BCUT2D eigenvalue weighted by molar-refractivity contribution is 5.94. The monoisotopic (exact) mass is 378 g/mol. The van der Waals surface area contributed by atoms with Gasteiger partial charge in [0.1, 0.15) is 23.6 Å². The Labute approximate surface area is 163 Å². The van der Waals surface area contributed by atoms with Crippen LogP contribution in [-0.2, 0) is 0 Å². The molecule has 1 atom stereocenters. The van der Waals surface area contributed by atoms with Crippen molar-refractivity contribution in [2.24, 2.45) is 0 Å². The van der Waals surface area contributed by atoms with Crippen LogP contribution in [0.5, 0.6) is 11.5 Å². The van der Waals surface area contributed by atoms with E-state index in [9.17, 15) is 4.79 Å². The number of benzene rings is 1. The zero-order valence-electron chi connectivity index (χ0n) is 15.9. The first-order chi connectivity index (χ1) is 13.7. The molecular weight excluding hydrogens is 356 g/mol. The van der Waals surface area contributed by atoms with E-state index in [2.05, 4.69) is 9.97 Å². The van der Waals surface area contributed by atoms with Gasteiger partial charge in [0, 0.05) is 30.7 Å². The van der Waals surface area contributed by atoms with Gasteiger partial charge in [-0.25, -0.2) is 9.97 Å². The van der Waals surface area contributed by atoms with Crippen LogP contribution in [-0.4, -0.2) is 46.1 Å². The van der Waals surface area contributed by atoms with Crippen molar-refractivity contribution in [2.75, 3.05) is 20.8 Å². The Morgan fingerprint density at radius 2 is 2.07 bits per heavy atom. The number of likely N-dealkylation sites (tertiary alicyclic amines) is 1. The number of imidazole rings is 1. The number of aromatic nitrogens is 3. The van der Waals surface area contributed by atoms with E-state index >= 15 is 0 Å². The Hall–Kier alpha value is -3.35. The number of nitrogens with zero attached hydrogens (tertiary/aromatic N) is 4. The number of pyridine rings is 1. The molecule has 3 heterocycles. The second kappa shape index (κ2) is 7.72. The lowest BCUT2D eigenvalue weighted by Gasteiger charge is -2.26. The average molecular weight is 378 g/mol. The van der Waals surface area contributed by atoms with Gasteiger partial charge in [0.25, 0.3) is 5.91 Å². The van der Waals surface area contributed by atoms with Crippen molar-refractivity contribution in [3.8, 4) is 17.3 Å². The lowest BCUT2D eigenvalue weighted by Crippen LogP contribution is -2.31. The summed E-state index contributed by atoms with van der Waals surface area (Å²) in [4.78, 5) is 23.5.